The van der Waals surface area contributed by atoms with E-state index in [2.05, 4.69) is 10.6 Å². The first-order valence-electron chi connectivity index (χ1n) is 12.2. The van der Waals surface area contributed by atoms with Crippen LogP contribution in [0.15, 0.2) is 18.2 Å². The van der Waals surface area contributed by atoms with E-state index in [0.29, 0.717) is 43.2 Å². The second-order valence-electron chi connectivity index (χ2n) is 10.6. The molecule has 1 amide bonds. The van der Waals surface area contributed by atoms with Gasteiger partial charge in [0.1, 0.15) is 0 Å². The standard InChI is InChI=1S/C25H32F6N2O2/c1-14(2)23(6-5-18(12-23)33-19-10-20-3-4-21(11-19)35-20)22(34)32-13-15-7-16(24(26,27)28)9-17(8-15)25(29,30)31/h7-9,14,18-21,33H,3-6,10-13H2,1-2H3,(H,32,34)/t18-,19?,20?,21?,23+/m1/s1. The Balaban J connectivity index is 1.43. The maximum absolute atomic E-state index is 13.3. The van der Waals surface area contributed by atoms with E-state index in [1.807, 2.05) is 13.8 Å². The second kappa shape index (κ2) is 9.57. The summed E-state index contributed by atoms with van der Waals surface area (Å²) < 4.78 is 84.9. The highest BCUT2D eigenvalue weighted by Gasteiger charge is 2.48. The van der Waals surface area contributed by atoms with Crippen molar-refractivity contribution < 1.29 is 35.9 Å². The van der Waals surface area contributed by atoms with E-state index < -0.39 is 35.4 Å². The van der Waals surface area contributed by atoms with E-state index in [9.17, 15) is 31.1 Å². The largest absolute Gasteiger partial charge is 0.416 e. The number of amides is 1. The summed E-state index contributed by atoms with van der Waals surface area (Å²) in [6.45, 7) is 3.47. The molecule has 3 fully saturated rings. The van der Waals surface area contributed by atoms with Crippen LogP contribution in [0.1, 0.15) is 75.5 Å². The zero-order valence-electron chi connectivity index (χ0n) is 19.9. The summed E-state index contributed by atoms with van der Waals surface area (Å²) >= 11 is 0. The maximum Gasteiger partial charge on any atom is 0.416 e. The van der Waals surface area contributed by atoms with Crippen molar-refractivity contribution in [2.75, 3.05) is 0 Å². The molecular formula is C25H32F6N2O2. The lowest BCUT2D eigenvalue weighted by Crippen LogP contribution is -2.46. The highest BCUT2D eigenvalue weighted by molar-refractivity contribution is 5.83. The van der Waals surface area contributed by atoms with Gasteiger partial charge in [0.05, 0.1) is 28.7 Å². The quantitative estimate of drug-likeness (QED) is 0.477. The van der Waals surface area contributed by atoms with Crippen LogP contribution in [-0.2, 0) is 28.4 Å². The first-order valence-corrected chi connectivity index (χ1v) is 12.2. The first kappa shape index (κ1) is 26.3. The lowest BCUT2D eigenvalue weighted by molar-refractivity contribution is -0.143. The lowest BCUT2D eigenvalue weighted by Gasteiger charge is -2.34. The van der Waals surface area contributed by atoms with Crippen molar-refractivity contribution >= 4 is 5.91 Å². The first-order chi connectivity index (χ1) is 16.3. The molecule has 0 radical (unpaired) electrons. The number of carbonyl (C=O) groups is 1. The molecule has 1 aromatic rings. The van der Waals surface area contributed by atoms with Gasteiger partial charge >= 0.3 is 12.4 Å². The Labute approximate surface area is 201 Å². The summed E-state index contributed by atoms with van der Waals surface area (Å²) in [5, 5.41) is 6.34. The molecule has 10 heteroatoms. The number of carbonyl (C=O) groups excluding carboxylic acids is 1. The highest BCUT2D eigenvalue weighted by Crippen LogP contribution is 2.45. The molecule has 2 heterocycles. The Kier molecular flexibility index (Phi) is 7.18. The molecule has 1 aromatic carbocycles. The van der Waals surface area contributed by atoms with Gasteiger partial charge in [0.25, 0.3) is 0 Å². The minimum absolute atomic E-state index is 0.0348. The van der Waals surface area contributed by atoms with Crippen LogP contribution in [0.25, 0.3) is 0 Å². The predicted octanol–water partition coefficient (Wildman–Crippen LogP) is 5.83. The maximum atomic E-state index is 13.3. The third kappa shape index (κ3) is 5.79. The van der Waals surface area contributed by atoms with Gasteiger partial charge in [0, 0.05) is 18.6 Å². The van der Waals surface area contributed by atoms with Crippen LogP contribution < -0.4 is 10.6 Å². The summed E-state index contributed by atoms with van der Waals surface area (Å²) in [7, 11) is 0. The fraction of sp³-hybridized carbons (Fsp3) is 0.720. The number of rotatable bonds is 6. The van der Waals surface area contributed by atoms with Crippen LogP contribution in [0, 0.1) is 11.3 Å². The Morgan fingerprint density at radius 3 is 2.06 bits per heavy atom. The Bertz CT molecular complexity index is 887. The smallest absolute Gasteiger partial charge is 0.375 e. The van der Waals surface area contributed by atoms with Crippen molar-refractivity contribution in [3.63, 3.8) is 0 Å². The molecule has 1 saturated carbocycles. The molecule has 4 atom stereocenters. The Morgan fingerprint density at radius 2 is 1.54 bits per heavy atom. The Morgan fingerprint density at radius 1 is 0.971 bits per heavy atom. The van der Waals surface area contributed by atoms with Gasteiger partial charge in [-0.1, -0.05) is 13.8 Å². The van der Waals surface area contributed by atoms with Gasteiger partial charge in [0.2, 0.25) is 5.91 Å². The molecule has 0 spiro atoms. The minimum Gasteiger partial charge on any atom is -0.375 e. The molecule has 2 saturated heterocycles. The molecule has 2 bridgehead atoms. The van der Waals surface area contributed by atoms with Gasteiger partial charge in [-0.15, -0.1) is 0 Å². The number of nitrogens with one attached hydrogen (secondary N) is 2. The molecule has 2 N–H and O–H groups in total. The molecule has 2 aliphatic heterocycles. The fourth-order valence-corrected chi connectivity index (χ4v) is 6.02. The van der Waals surface area contributed by atoms with Gasteiger partial charge in [-0.25, -0.2) is 0 Å². The number of hydrogen-bond acceptors (Lipinski definition) is 3. The van der Waals surface area contributed by atoms with E-state index in [1.165, 1.54) is 0 Å². The van der Waals surface area contributed by atoms with E-state index in [-0.39, 0.29) is 29.5 Å². The molecule has 2 unspecified atom stereocenters. The van der Waals surface area contributed by atoms with Gasteiger partial charge < -0.3 is 15.4 Å². The van der Waals surface area contributed by atoms with E-state index in [4.69, 9.17) is 4.74 Å². The number of benzene rings is 1. The number of halogens is 6. The van der Waals surface area contributed by atoms with Gasteiger partial charge in [-0.3, -0.25) is 4.79 Å². The van der Waals surface area contributed by atoms with Gasteiger partial charge in [-0.05, 0) is 74.6 Å². The van der Waals surface area contributed by atoms with Gasteiger partial charge in [0.15, 0.2) is 0 Å². The molecule has 4 rings (SSSR count). The molecule has 35 heavy (non-hydrogen) atoms. The molecule has 196 valence electrons. The van der Waals surface area contributed by atoms with Crippen molar-refractivity contribution in [1.29, 1.82) is 0 Å². The van der Waals surface area contributed by atoms with Crippen molar-refractivity contribution in [2.45, 2.75) is 102 Å². The van der Waals surface area contributed by atoms with Crippen molar-refractivity contribution in [2.24, 2.45) is 11.3 Å². The topological polar surface area (TPSA) is 50.4 Å². The summed E-state index contributed by atoms with van der Waals surface area (Å²) in [6, 6.07) is 1.89. The average Bonchev–Trinajstić information content (AvgIpc) is 3.34. The molecule has 0 aromatic heterocycles. The van der Waals surface area contributed by atoms with Crippen LogP contribution in [0.3, 0.4) is 0 Å². The predicted molar refractivity (Wildman–Crippen MR) is 117 cm³/mol. The molecule has 3 aliphatic rings. The zero-order valence-corrected chi connectivity index (χ0v) is 19.9. The summed E-state index contributed by atoms with van der Waals surface area (Å²) in [5.74, 6) is -0.359. The van der Waals surface area contributed by atoms with Crippen LogP contribution in [-0.4, -0.2) is 30.2 Å². The fourth-order valence-electron chi connectivity index (χ4n) is 6.02. The summed E-state index contributed by atoms with van der Waals surface area (Å²) in [6.07, 6.45) is -3.22. The lowest BCUT2D eigenvalue weighted by atomic mass is 9.74. The van der Waals surface area contributed by atoms with Crippen molar-refractivity contribution in [1.82, 2.24) is 10.6 Å². The van der Waals surface area contributed by atoms with E-state index in [0.717, 1.165) is 32.1 Å². The summed E-state index contributed by atoms with van der Waals surface area (Å²) in [4.78, 5) is 13.3. The normalized spacial score (nSPS) is 31.2. The Hall–Kier alpha value is -1.81. The van der Waals surface area contributed by atoms with Crippen LogP contribution in [0.5, 0.6) is 0 Å². The highest BCUT2D eigenvalue weighted by atomic mass is 19.4. The molecule has 1 aliphatic carbocycles. The summed E-state index contributed by atoms with van der Waals surface area (Å²) in [5.41, 5.74) is -3.72. The van der Waals surface area contributed by atoms with E-state index >= 15 is 0 Å². The number of alkyl halides is 6. The number of fused-ring (bicyclic) bond motifs is 2. The number of ether oxygens (including phenoxy) is 1. The number of hydrogen-bond donors (Lipinski definition) is 2. The minimum atomic E-state index is -4.92. The van der Waals surface area contributed by atoms with E-state index in [1.54, 1.807) is 0 Å². The zero-order chi connectivity index (χ0) is 25.6. The average molecular weight is 507 g/mol. The molecular weight excluding hydrogens is 474 g/mol. The van der Waals surface area contributed by atoms with Crippen molar-refractivity contribution in [3.8, 4) is 0 Å². The third-order valence-corrected chi connectivity index (χ3v) is 7.97. The second-order valence-corrected chi connectivity index (χ2v) is 10.6. The van der Waals surface area contributed by atoms with Crippen LogP contribution >= 0.6 is 0 Å². The van der Waals surface area contributed by atoms with Gasteiger partial charge in [-0.2, -0.15) is 26.3 Å². The monoisotopic (exact) mass is 506 g/mol. The molecule has 4 nitrogen and oxygen atoms in total. The van der Waals surface area contributed by atoms with Crippen LogP contribution in [0.4, 0.5) is 26.3 Å². The third-order valence-electron chi connectivity index (χ3n) is 7.97. The van der Waals surface area contributed by atoms with Crippen LogP contribution in [0.2, 0.25) is 0 Å². The van der Waals surface area contributed by atoms with Crippen molar-refractivity contribution in [3.05, 3.63) is 34.9 Å². The SMILES string of the molecule is CC(C)[C@]1(C(=O)NCc2cc(C(F)(F)F)cc(C(F)(F)F)c2)CC[C@@H](NC2CC3CCC(C2)O3)C1.